The molecule has 0 aliphatic rings. The van der Waals surface area contributed by atoms with Crippen LogP contribution >= 0.6 is 11.3 Å². The number of hydrogen-bond donors (Lipinski definition) is 1. The van der Waals surface area contributed by atoms with E-state index in [4.69, 9.17) is 15.2 Å². The summed E-state index contributed by atoms with van der Waals surface area (Å²) >= 11 is 1.34. The SMILES string of the molecule is COc1cccc(COc2cc(C)sc2C(N)=O)c1. The number of amides is 1. The number of benzene rings is 1. The van der Waals surface area contributed by atoms with Crippen molar-refractivity contribution in [2.45, 2.75) is 13.5 Å². The molecule has 0 radical (unpaired) electrons. The van der Waals surface area contributed by atoms with E-state index in [1.54, 1.807) is 7.11 Å². The van der Waals surface area contributed by atoms with Crippen molar-refractivity contribution in [3.63, 3.8) is 0 Å². The Morgan fingerprint density at radius 1 is 1.37 bits per heavy atom. The van der Waals surface area contributed by atoms with E-state index >= 15 is 0 Å². The van der Waals surface area contributed by atoms with Crippen LogP contribution in [0.3, 0.4) is 0 Å². The van der Waals surface area contributed by atoms with Crippen molar-refractivity contribution in [2.24, 2.45) is 5.73 Å². The summed E-state index contributed by atoms with van der Waals surface area (Å²) < 4.78 is 10.8. The largest absolute Gasteiger partial charge is 0.497 e. The van der Waals surface area contributed by atoms with Crippen molar-refractivity contribution in [1.82, 2.24) is 0 Å². The Bertz CT molecular complexity index is 592. The van der Waals surface area contributed by atoms with Crippen LogP contribution in [-0.4, -0.2) is 13.0 Å². The number of rotatable bonds is 5. The summed E-state index contributed by atoms with van der Waals surface area (Å²) in [5.41, 5.74) is 6.28. The predicted octanol–water partition coefficient (Wildman–Crippen LogP) is 2.74. The molecule has 0 bridgehead atoms. The number of methoxy groups -OCH3 is 1. The molecule has 5 heteroatoms. The van der Waals surface area contributed by atoms with Gasteiger partial charge in [-0.25, -0.2) is 0 Å². The predicted molar refractivity (Wildman–Crippen MR) is 74.9 cm³/mol. The molecule has 2 aromatic rings. The molecule has 1 aromatic carbocycles. The van der Waals surface area contributed by atoms with Crippen LogP contribution < -0.4 is 15.2 Å². The Morgan fingerprint density at radius 2 is 2.16 bits per heavy atom. The quantitative estimate of drug-likeness (QED) is 0.914. The highest BCUT2D eigenvalue weighted by atomic mass is 32.1. The van der Waals surface area contributed by atoms with E-state index in [1.807, 2.05) is 37.3 Å². The third kappa shape index (κ3) is 3.26. The maximum absolute atomic E-state index is 11.3. The topological polar surface area (TPSA) is 61.6 Å². The fourth-order valence-corrected chi connectivity index (χ4v) is 2.50. The van der Waals surface area contributed by atoms with Gasteiger partial charge < -0.3 is 15.2 Å². The van der Waals surface area contributed by atoms with Gasteiger partial charge >= 0.3 is 0 Å². The fraction of sp³-hybridized carbons (Fsp3) is 0.214. The first-order valence-electron chi connectivity index (χ1n) is 5.76. The lowest BCUT2D eigenvalue weighted by Crippen LogP contribution is -2.10. The molecule has 2 rings (SSSR count). The number of ether oxygens (including phenoxy) is 2. The highest BCUT2D eigenvalue weighted by Gasteiger charge is 2.13. The standard InChI is InChI=1S/C14H15NO3S/c1-9-6-12(13(19-9)14(15)16)18-8-10-4-3-5-11(7-10)17-2/h3-7H,8H2,1-2H3,(H2,15,16). The molecule has 2 N–H and O–H groups in total. The number of nitrogens with two attached hydrogens (primary N) is 1. The van der Waals surface area contributed by atoms with Gasteiger partial charge in [0.15, 0.2) is 0 Å². The Kier molecular flexibility index (Phi) is 4.06. The van der Waals surface area contributed by atoms with Crippen molar-refractivity contribution in [3.8, 4) is 11.5 Å². The summed E-state index contributed by atoms with van der Waals surface area (Å²) in [5, 5.41) is 0. The minimum absolute atomic E-state index is 0.369. The Balaban J connectivity index is 2.11. The molecule has 19 heavy (non-hydrogen) atoms. The molecule has 1 heterocycles. The highest BCUT2D eigenvalue weighted by molar-refractivity contribution is 7.14. The van der Waals surface area contributed by atoms with Crippen molar-refractivity contribution in [1.29, 1.82) is 0 Å². The average Bonchev–Trinajstić information content (AvgIpc) is 2.78. The van der Waals surface area contributed by atoms with Gasteiger partial charge in [0.2, 0.25) is 0 Å². The van der Waals surface area contributed by atoms with E-state index in [0.29, 0.717) is 17.2 Å². The molecule has 0 aliphatic heterocycles. The monoisotopic (exact) mass is 277 g/mol. The molecule has 4 nitrogen and oxygen atoms in total. The third-order valence-electron chi connectivity index (χ3n) is 2.57. The molecule has 0 aliphatic carbocycles. The van der Waals surface area contributed by atoms with Gasteiger partial charge in [-0.1, -0.05) is 12.1 Å². The van der Waals surface area contributed by atoms with Gasteiger partial charge in [0.1, 0.15) is 23.0 Å². The van der Waals surface area contributed by atoms with Crippen molar-refractivity contribution in [3.05, 3.63) is 45.6 Å². The van der Waals surface area contributed by atoms with Crippen LogP contribution in [0.4, 0.5) is 0 Å². The van der Waals surface area contributed by atoms with Crippen LogP contribution in [0.25, 0.3) is 0 Å². The van der Waals surface area contributed by atoms with E-state index in [-0.39, 0.29) is 0 Å². The zero-order chi connectivity index (χ0) is 13.8. The zero-order valence-corrected chi connectivity index (χ0v) is 11.6. The van der Waals surface area contributed by atoms with Crippen LogP contribution in [-0.2, 0) is 6.61 Å². The first kappa shape index (κ1) is 13.4. The number of hydrogen-bond acceptors (Lipinski definition) is 4. The number of primary amides is 1. The first-order chi connectivity index (χ1) is 9.10. The van der Waals surface area contributed by atoms with Crippen LogP contribution in [0.15, 0.2) is 30.3 Å². The molecule has 1 amide bonds. The maximum atomic E-state index is 11.3. The molecule has 0 saturated carbocycles. The Labute approximate surface area is 115 Å². The smallest absolute Gasteiger partial charge is 0.262 e. The summed E-state index contributed by atoms with van der Waals surface area (Å²) in [4.78, 5) is 12.7. The zero-order valence-electron chi connectivity index (χ0n) is 10.8. The molecule has 1 aromatic heterocycles. The summed E-state index contributed by atoms with van der Waals surface area (Å²) in [6.07, 6.45) is 0. The Hall–Kier alpha value is -2.01. The van der Waals surface area contributed by atoms with E-state index in [9.17, 15) is 4.79 Å². The fourth-order valence-electron chi connectivity index (χ4n) is 1.69. The summed E-state index contributed by atoms with van der Waals surface area (Å²) in [6.45, 7) is 2.28. The van der Waals surface area contributed by atoms with E-state index in [0.717, 1.165) is 16.2 Å². The van der Waals surface area contributed by atoms with E-state index in [1.165, 1.54) is 11.3 Å². The van der Waals surface area contributed by atoms with Crippen LogP contribution in [0, 0.1) is 6.92 Å². The van der Waals surface area contributed by atoms with Gasteiger partial charge in [-0.2, -0.15) is 0 Å². The van der Waals surface area contributed by atoms with Gasteiger partial charge in [-0.3, -0.25) is 4.79 Å². The van der Waals surface area contributed by atoms with Gasteiger partial charge in [0.05, 0.1) is 7.11 Å². The normalized spacial score (nSPS) is 10.2. The lowest BCUT2D eigenvalue weighted by atomic mass is 10.2. The van der Waals surface area contributed by atoms with Crippen molar-refractivity contribution in [2.75, 3.05) is 7.11 Å². The maximum Gasteiger partial charge on any atom is 0.262 e. The minimum atomic E-state index is -0.459. The van der Waals surface area contributed by atoms with Gasteiger partial charge in [0.25, 0.3) is 5.91 Å². The average molecular weight is 277 g/mol. The van der Waals surface area contributed by atoms with Gasteiger partial charge in [-0.15, -0.1) is 11.3 Å². The highest BCUT2D eigenvalue weighted by Crippen LogP contribution is 2.29. The molecule has 0 saturated heterocycles. The first-order valence-corrected chi connectivity index (χ1v) is 6.57. The summed E-state index contributed by atoms with van der Waals surface area (Å²) in [7, 11) is 1.62. The number of thiophene rings is 1. The second kappa shape index (κ2) is 5.75. The summed E-state index contributed by atoms with van der Waals surface area (Å²) in [6, 6.07) is 9.41. The van der Waals surface area contributed by atoms with Crippen molar-refractivity contribution >= 4 is 17.2 Å². The summed E-state index contributed by atoms with van der Waals surface area (Å²) in [5.74, 6) is 0.856. The molecular formula is C14H15NO3S. The molecule has 100 valence electrons. The minimum Gasteiger partial charge on any atom is -0.497 e. The second-order valence-corrected chi connectivity index (χ2v) is 5.31. The third-order valence-corrected chi connectivity index (χ3v) is 3.62. The van der Waals surface area contributed by atoms with Crippen LogP contribution in [0.2, 0.25) is 0 Å². The lowest BCUT2D eigenvalue weighted by molar-refractivity contribution is 0.1000. The molecule has 0 spiro atoms. The van der Waals surface area contributed by atoms with Crippen LogP contribution in [0.1, 0.15) is 20.1 Å². The molecule has 0 atom stereocenters. The molecular weight excluding hydrogens is 262 g/mol. The molecule has 0 fully saturated rings. The van der Waals surface area contributed by atoms with Gasteiger partial charge in [0, 0.05) is 4.88 Å². The number of carbonyl (C=O) groups excluding carboxylic acids is 1. The second-order valence-electron chi connectivity index (χ2n) is 4.05. The Morgan fingerprint density at radius 3 is 2.84 bits per heavy atom. The lowest BCUT2D eigenvalue weighted by Gasteiger charge is -2.07. The van der Waals surface area contributed by atoms with E-state index < -0.39 is 5.91 Å². The van der Waals surface area contributed by atoms with Crippen LogP contribution in [0.5, 0.6) is 11.5 Å². The van der Waals surface area contributed by atoms with Crippen molar-refractivity contribution < 1.29 is 14.3 Å². The van der Waals surface area contributed by atoms with Gasteiger partial charge in [-0.05, 0) is 30.7 Å². The number of aryl methyl sites for hydroxylation is 1. The van der Waals surface area contributed by atoms with E-state index in [2.05, 4.69) is 0 Å². The number of carbonyl (C=O) groups is 1. The molecule has 0 unspecified atom stereocenters.